The molecule has 1 aliphatic rings. The molecule has 2 aromatic rings. The average molecular weight is 364 g/mol. The highest BCUT2D eigenvalue weighted by molar-refractivity contribution is 7.89. The lowest BCUT2D eigenvalue weighted by Crippen LogP contribution is -2.46. The molecule has 24 heavy (non-hydrogen) atoms. The van der Waals surface area contributed by atoms with Crippen LogP contribution in [-0.2, 0) is 10.0 Å². The fraction of sp³-hybridized carbons (Fsp3) is 0.353. The Kier molecular flexibility index (Phi) is 5.03. The van der Waals surface area contributed by atoms with Crippen molar-refractivity contribution >= 4 is 27.3 Å². The Labute approximate surface area is 146 Å². The molecule has 1 fully saturated rings. The van der Waals surface area contributed by atoms with Gasteiger partial charge < -0.3 is 5.32 Å². The van der Waals surface area contributed by atoms with Crippen LogP contribution in [0.4, 0.5) is 0 Å². The van der Waals surface area contributed by atoms with E-state index in [1.54, 1.807) is 30.3 Å². The van der Waals surface area contributed by atoms with Gasteiger partial charge in [0.05, 0.1) is 4.90 Å². The number of aryl methyl sites for hydroxylation is 1. The fourth-order valence-corrected chi connectivity index (χ4v) is 4.87. The number of rotatable bonds is 4. The molecule has 1 aliphatic heterocycles. The van der Waals surface area contributed by atoms with Crippen LogP contribution in [0, 0.1) is 6.92 Å². The number of carbonyl (C=O) groups is 1. The van der Waals surface area contributed by atoms with Crippen molar-refractivity contribution in [1.29, 1.82) is 0 Å². The molecule has 0 unspecified atom stereocenters. The molecule has 1 aromatic carbocycles. The van der Waals surface area contributed by atoms with E-state index < -0.39 is 10.0 Å². The van der Waals surface area contributed by atoms with Crippen LogP contribution >= 0.6 is 11.3 Å². The predicted octanol–water partition coefficient (Wildman–Crippen LogP) is 2.64. The second-order valence-corrected chi connectivity index (χ2v) is 8.69. The van der Waals surface area contributed by atoms with Gasteiger partial charge in [-0.15, -0.1) is 0 Å². The van der Waals surface area contributed by atoms with Crippen LogP contribution in [0.2, 0.25) is 0 Å². The highest BCUT2D eigenvalue weighted by Crippen LogP contribution is 2.21. The van der Waals surface area contributed by atoms with Gasteiger partial charge in [-0.2, -0.15) is 15.6 Å². The van der Waals surface area contributed by atoms with Gasteiger partial charge >= 0.3 is 0 Å². The Balaban J connectivity index is 1.60. The standard InChI is InChI=1S/C17H20N2O3S2/c1-13-2-4-16(5-3-13)24(21,22)19-9-6-15(7-10-19)18-17(20)14-8-11-23-12-14/h2-5,8,11-12,15H,6-7,9-10H2,1H3,(H,18,20). The predicted molar refractivity (Wildman–Crippen MR) is 94.7 cm³/mol. The summed E-state index contributed by atoms with van der Waals surface area (Å²) in [5.41, 5.74) is 1.69. The zero-order chi connectivity index (χ0) is 17.2. The molecule has 1 N–H and O–H groups in total. The Morgan fingerprint density at radius 3 is 2.42 bits per heavy atom. The Morgan fingerprint density at radius 2 is 1.83 bits per heavy atom. The van der Waals surface area contributed by atoms with Crippen LogP contribution in [0.15, 0.2) is 46.0 Å². The molecule has 0 aliphatic carbocycles. The number of sulfonamides is 1. The zero-order valence-corrected chi connectivity index (χ0v) is 15.1. The molecule has 1 aromatic heterocycles. The normalized spacial score (nSPS) is 16.9. The number of amides is 1. The number of thiophene rings is 1. The van der Waals surface area contributed by atoms with E-state index in [2.05, 4.69) is 5.32 Å². The molecule has 7 heteroatoms. The van der Waals surface area contributed by atoms with Gasteiger partial charge in [-0.25, -0.2) is 8.42 Å². The largest absolute Gasteiger partial charge is 0.349 e. The van der Waals surface area contributed by atoms with E-state index >= 15 is 0 Å². The minimum Gasteiger partial charge on any atom is -0.349 e. The number of benzene rings is 1. The molecule has 128 valence electrons. The first-order valence-corrected chi connectivity index (χ1v) is 10.2. The summed E-state index contributed by atoms with van der Waals surface area (Å²) in [6.07, 6.45) is 1.25. The van der Waals surface area contributed by atoms with Crippen LogP contribution in [0.5, 0.6) is 0 Å². The topological polar surface area (TPSA) is 66.5 Å². The summed E-state index contributed by atoms with van der Waals surface area (Å²) in [6, 6.07) is 8.71. The van der Waals surface area contributed by atoms with Gasteiger partial charge in [-0.3, -0.25) is 4.79 Å². The molecule has 2 heterocycles. The Morgan fingerprint density at radius 1 is 1.17 bits per heavy atom. The van der Waals surface area contributed by atoms with Crippen molar-refractivity contribution in [2.24, 2.45) is 0 Å². The van der Waals surface area contributed by atoms with Crippen LogP contribution < -0.4 is 5.32 Å². The highest BCUT2D eigenvalue weighted by Gasteiger charge is 2.30. The van der Waals surface area contributed by atoms with Crippen LogP contribution in [0.1, 0.15) is 28.8 Å². The van der Waals surface area contributed by atoms with E-state index in [0.717, 1.165) is 5.56 Å². The molecule has 1 saturated heterocycles. The minimum absolute atomic E-state index is 0.0156. The second-order valence-electron chi connectivity index (χ2n) is 5.98. The smallest absolute Gasteiger partial charge is 0.252 e. The van der Waals surface area contributed by atoms with Crippen LogP contribution in [0.25, 0.3) is 0 Å². The van der Waals surface area contributed by atoms with Gasteiger partial charge in [-0.05, 0) is 43.3 Å². The highest BCUT2D eigenvalue weighted by atomic mass is 32.2. The first-order chi connectivity index (χ1) is 11.5. The fourth-order valence-electron chi connectivity index (χ4n) is 2.76. The lowest BCUT2D eigenvalue weighted by atomic mass is 10.1. The van der Waals surface area contributed by atoms with E-state index in [-0.39, 0.29) is 11.9 Å². The summed E-state index contributed by atoms with van der Waals surface area (Å²) < 4.78 is 26.8. The van der Waals surface area contributed by atoms with E-state index in [1.165, 1.54) is 15.6 Å². The quantitative estimate of drug-likeness (QED) is 0.907. The maximum atomic E-state index is 12.7. The second kappa shape index (κ2) is 7.04. The van der Waals surface area contributed by atoms with Crippen LogP contribution in [-0.4, -0.2) is 37.8 Å². The molecule has 1 amide bonds. The third kappa shape index (κ3) is 3.68. The summed E-state index contributed by atoms with van der Waals surface area (Å²) >= 11 is 1.48. The molecule has 0 radical (unpaired) electrons. The van der Waals surface area contributed by atoms with Crippen molar-refractivity contribution in [3.63, 3.8) is 0 Å². The third-order valence-electron chi connectivity index (χ3n) is 4.23. The number of nitrogens with zero attached hydrogens (tertiary/aromatic N) is 1. The third-order valence-corrected chi connectivity index (χ3v) is 6.83. The van der Waals surface area contributed by atoms with Crippen molar-refractivity contribution in [3.05, 3.63) is 52.2 Å². The van der Waals surface area contributed by atoms with E-state index in [4.69, 9.17) is 0 Å². The lowest BCUT2D eigenvalue weighted by molar-refractivity contribution is 0.0924. The lowest BCUT2D eigenvalue weighted by Gasteiger charge is -2.31. The number of carbonyl (C=O) groups excluding carboxylic acids is 1. The first kappa shape index (κ1) is 17.1. The van der Waals surface area contributed by atoms with E-state index in [9.17, 15) is 13.2 Å². The summed E-state index contributed by atoms with van der Waals surface area (Å²) in [5.74, 6) is -0.0870. The molecule has 3 rings (SSSR count). The summed E-state index contributed by atoms with van der Waals surface area (Å²) in [7, 11) is -3.45. The molecular weight excluding hydrogens is 344 g/mol. The minimum atomic E-state index is -3.45. The van der Waals surface area contributed by atoms with Gasteiger partial charge in [0.2, 0.25) is 10.0 Å². The van der Waals surface area contributed by atoms with Crippen molar-refractivity contribution in [1.82, 2.24) is 9.62 Å². The van der Waals surface area contributed by atoms with Crippen molar-refractivity contribution in [3.8, 4) is 0 Å². The Bertz CT molecular complexity index is 791. The van der Waals surface area contributed by atoms with E-state index in [1.807, 2.05) is 17.7 Å². The number of hydrogen-bond donors (Lipinski definition) is 1. The molecule has 5 nitrogen and oxygen atoms in total. The van der Waals surface area contributed by atoms with Gasteiger partial charge in [0.1, 0.15) is 0 Å². The monoisotopic (exact) mass is 364 g/mol. The number of hydrogen-bond acceptors (Lipinski definition) is 4. The number of piperidine rings is 1. The maximum Gasteiger partial charge on any atom is 0.252 e. The first-order valence-electron chi connectivity index (χ1n) is 7.87. The molecule has 0 spiro atoms. The average Bonchev–Trinajstić information content (AvgIpc) is 3.10. The van der Waals surface area contributed by atoms with Gasteiger partial charge in [-0.1, -0.05) is 17.7 Å². The Hall–Kier alpha value is -1.70. The summed E-state index contributed by atoms with van der Waals surface area (Å²) in [4.78, 5) is 12.4. The van der Waals surface area contributed by atoms with Gasteiger partial charge in [0.25, 0.3) is 5.91 Å². The maximum absolute atomic E-state index is 12.7. The summed E-state index contributed by atoms with van der Waals surface area (Å²) in [6.45, 7) is 2.77. The van der Waals surface area contributed by atoms with Crippen molar-refractivity contribution in [2.75, 3.05) is 13.1 Å². The van der Waals surface area contributed by atoms with Crippen molar-refractivity contribution < 1.29 is 13.2 Å². The van der Waals surface area contributed by atoms with Gasteiger partial charge in [0.15, 0.2) is 0 Å². The zero-order valence-electron chi connectivity index (χ0n) is 13.4. The van der Waals surface area contributed by atoms with Crippen molar-refractivity contribution in [2.45, 2.75) is 30.7 Å². The molecule has 0 atom stereocenters. The molecule has 0 bridgehead atoms. The van der Waals surface area contributed by atoms with Gasteiger partial charge in [0, 0.05) is 30.1 Å². The summed E-state index contributed by atoms with van der Waals surface area (Å²) in [5, 5.41) is 6.67. The molecule has 0 saturated carbocycles. The van der Waals surface area contributed by atoms with Crippen LogP contribution in [0.3, 0.4) is 0 Å². The van der Waals surface area contributed by atoms with E-state index in [0.29, 0.717) is 36.4 Å². The molecular formula is C17H20N2O3S2. The number of nitrogens with one attached hydrogen (secondary N) is 1. The SMILES string of the molecule is Cc1ccc(S(=O)(=O)N2CCC(NC(=O)c3ccsc3)CC2)cc1.